The summed E-state index contributed by atoms with van der Waals surface area (Å²) in [5, 5.41) is 2.91. The first-order valence-corrected chi connectivity index (χ1v) is 8.24. The molecule has 130 valence electrons. The number of likely N-dealkylation sites (N-methyl/N-ethyl adjacent to an activating group) is 1. The average Bonchev–Trinajstić information content (AvgIpc) is 2.45. The third-order valence-corrected chi connectivity index (χ3v) is 3.67. The molecule has 0 aromatic heterocycles. The number of nitrogens with zero attached hydrogens (tertiary/aromatic N) is 1. The number of ether oxygens (including phenoxy) is 1. The van der Waals surface area contributed by atoms with E-state index in [1.165, 1.54) is 5.56 Å². The first kappa shape index (κ1) is 19.5. The Morgan fingerprint density at radius 1 is 1.30 bits per heavy atom. The monoisotopic (exact) mass is 321 g/mol. The van der Waals surface area contributed by atoms with Crippen LogP contribution in [0.2, 0.25) is 0 Å². The van der Waals surface area contributed by atoms with Crippen LogP contribution in [0.25, 0.3) is 0 Å². The Labute approximate surface area is 140 Å². The van der Waals surface area contributed by atoms with Crippen LogP contribution in [-0.4, -0.2) is 41.8 Å². The maximum Gasteiger partial charge on any atom is 0.407 e. The molecule has 0 fully saturated rings. The van der Waals surface area contributed by atoms with Crippen molar-refractivity contribution in [3.05, 3.63) is 35.9 Å². The highest BCUT2D eigenvalue weighted by Crippen LogP contribution is 2.12. The number of amides is 1. The Morgan fingerprint density at radius 2 is 1.91 bits per heavy atom. The zero-order valence-electron chi connectivity index (χ0n) is 15.0. The molecule has 5 heteroatoms. The van der Waals surface area contributed by atoms with Crippen molar-refractivity contribution in [3.8, 4) is 0 Å². The van der Waals surface area contributed by atoms with Crippen LogP contribution in [0.3, 0.4) is 0 Å². The molecule has 2 atom stereocenters. The molecule has 1 aromatic carbocycles. The minimum absolute atomic E-state index is 0.0488. The summed E-state index contributed by atoms with van der Waals surface area (Å²) < 4.78 is 5.33. The first-order chi connectivity index (χ1) is 10.8. The Balaban J connectivity index is 2.69. The molecular formula is C18H31N3O2. The van der Waals surface area contributed by atoms with Gasteiger partial charge in [-0.2, -0.15) is 0 Å². The number of carbonyl (C=O) groups is 1. The van der Waals surface area contributed by atoms with E-state index in [4.69, 9.17) is 10.5 Å². The lowest BCUT2D eigenvalue weighted by Gasteiger charge is -2.35. The van der Waals surface area contributed by atoms with Crippen LogP contribution in [0.5, 0.6) is 0 Å². The maximum atomic E-state index is 12.0. The largest absolute Gasteiger partial charge is 0.444 e. The van der Waals surface area contributed by atoms with Crippen LogP contribution in [0.4, 0.5) is 4.79 Å². The SMILES string of the molecule is CCN(Cc1ccccc1)C(CN)C(C)NC(=O)OC(C)(C)C. The van der Waals surface area contributed by atoms with Crippen molar-refractivity contribution >= 4 is 6.09 Å². The molecule has 2 unspecified atom stereocenters. The van der Waals surface area contributed by atoms with E-state index < -0.39 is 11.7 Å². The molecule has 0 aliphatic rings. The van der Waals surface area contributed by atoms with E-state index in [1.807, 2.05) is 45.9 Å². The van der Waals surface area contributed by atoms with Crippen molar-refractivity contribution in [2.45, 2.75) is 58.8 Å². The minimum Gasteiger partial charge on any atom is -0.444 e. The zero-order valence-corrected chi connectivity index (χ0v) is 15.0. The summed E-state index contributed by atoms with van der Waals surface area (Å²) in [6.45, 7) is 11.8. The molecule has 0 aliphatic carbocycles. The predicted molar refractivity (Wildman–Crippen MR) is 94.2 cm³/mol. The molecule has 0 radical (unpaired) electrons. The number of nitrogens with two attached hydrogens (primary N) is 1. The van der Waals surface area contributed by atoms with Crippen molar-refractivity contribution in [1.82, 2.24) is 10.2 Å². The lowest BCUT2D eigenvalue weighted by Crippen LogP contribution is -2.54. The Kier molecular flexibility index (Phi) is 7.52. The number of hydrogen-bond donors (Lipinski definition) is 2. The van der Waals surface area contributed by atoms with Gasteiger partial charge in [0.1, 0.15) is 5.60 Å². The van der Waals surface area contributed by atoms with Gasteiger partial charge in [0, 0.05) is 25.2 Å². The standard InChI is InChI=1S/C18H31N3O2/c1-6-21(13-15-10-8-7-9-11-15)16(12-19)14(2)20-17(22)23-18(3,4)5/h7-11,14,16H,6,12-13,19H2,1-5H3,(H,20,22). The third-order valence-electron chi connectivity index (χ3n) is 3.67. The number of carbonyl (C=O) groups excluding carboxylic acids is 1. The summed E-state index contributed by atoms with van der Waals surface area (Å²) in [5.74, 6) is 0. The van der Waals surface area contributed by atoms with E-state index in [-0.39, 0.29) is 12.1 Å². The van der Waals surface area contributed by atoms with Crippen LogP contribution in [0.1, 0.15) is 40.2 Å². The predicted octanol–water partition coefficient (Wildman–Crippen LogP) is 2.75. The van der Waals surface area contributed by atoms with Gasteiger partial charge in [0.15, 0.2) is 0 Å². The molecule has 1 rings (SSSR count). The van der Waals surface area contributed by atoms with Gasteiger partial charge in [0.25, 0.3) is 0 Å². The average molecular weight is 321 g/mol. The number of rotatable bonds is 7. The van der Waals surface area contributed by atoms with Crippen molar-refractivity contribution in [2.24, 2.45) is 5.73 Å². The molecule has 0 aliphatic heterocycles. The van der Waals surface area contributed by atoms with Crippen LogP contribution in [0.15, 0.2) is 30.3 Å². The lowest BCUT2D eigenvalue weighted by atomic mass is 10.1. The topological polar surface area (TPSA) is 67.6 Å². The highest BCUT2D eigenvalue weighted by molar-refractivity contribution is 5.68. The minimum atomic E-state index is -0.503. The maximum absolute atomic E-state index is 12.0. The Hall–Kier alpha value is -1.59. The molecule has 0 heterocycles. The van der Waals surface area contributed by atoms with E-state index in [1.54, 1.807) is 0 Å². The lowest BCUT2D eigenvalue weighted by molar-refractivity contribution is 0.0469. The highest BCUT2D eigenvalue weighted by atomic mass is 16.6. The van der Waals surface area contributed by atoms with Crippen LogP contribution in [-0.2, 0) is 11.3 Å². The molecule has 3 N–H and O–H groups in total. The Bertz CT molecular complexity index is 471. The quantitative estimate of drug-likeness (QED) is 0.810. The van der Waals surface area contributed by atoms with E-state index >= 15 is 0 Å². The summed E-state index contributed by atoms with van der Waals surface area (Å²) in [5.41, 5.74) is 6.70. The summed E-state index contributed by atoms with van der Waals surface area (Å²) in [6, 6.07) is 10.2. The fraction of sp³-hybridized carbons (Fsp3) is 0.611. The van der Waals surface area contributed by atoms with Gasteiger partial charge in [0.05, 0.1) is 0 Å². The molecule has 0 saturated heterocycles. The van der Waals surface area contributed by atoms with Crippen LogP contribution in [0, 0.1) is 0 Å². The number of alkyl carbamates (subject to hydrolysis) is 1. The van der Waals surface area contributed by atoms with Crippen LogP contribution >= 0.6 is 0 Å². The van der Waals surface area contributed by atoms with Crippen molar-refractivity contribution < 1.29 is 9.53 Å². The summed E-state index contributed by atoms with van der Waals surface area (Å²) in [4.78, 5) is 14.2. The summed E-state index contributed by atoms with van der Waals surface area (Å²) in [6.07, 6.45) is -0.404. The van der Waals surface area contributed by atoms with Crippen LogP contribution < -0.4 is 11.1 Å². The zero-order chi connectivity index (χ0) is 17.5. The summed E-state index contributed by atoms with van der Waals surface area (Å²) in [7, 11) is 0. The van der Waals surface area contributed by atoms with Gasteiger partial charge >= 0.3 is 6.09 Å². The molecule has 1 amide bonds. The molecule has 0 spiro atoms. The highest BCUT2D eigenvalue weighted by Gasteiger charge is 2.25. The second kappa shape index (κ2) is 8.89. The second-order valence-electron chi connectivity index (χ2n) is 6.79. The number of nitrogens with one attached hydrogen (secondary N) is 1. The van der Waals surface area contributed by atoms with Gasteiger partial charge in [0.2, 0.25) is 0 Å². The van der Waals surface area contributed by atoms with Gasteiger partial charge < -0.3 is 15.8 Å². The van der Waals surface area contributed by atoms with Gasteiger partial charge in [-0.25, -0.2) is 4.79 Å². The normalized spacial score (nSPS) is 14.4. The molecule has 5 nitrogen and oxygen atoms in total. The van der Waals surface area contributed by atoms with Crippen molar-refractivity contribution in [3.63, 3.8) is 0 Å². The first-order valence-electron chi connectivity index (χ1n) is 8.24. The fourth-order valence-corrected chi connectivity index (χ4v) is 2.54. The van der Waals surface area contributed by atoms with Gasteiger partial charge in [-0.1, -0.05) is 37.3 Å². The van der Waals surface area contributed by atoms with Crippen molar-refractivity contribution in [1.29, 1.82) is 0 Å². The van der Waals surface area contributed by atoms with E-state index in [0.29, 0.717) is 6.54 Å². The smallest absolute Gasteiger partial charge is 0.407 e. The van der Waals surface area contributed by atoms with E-state index in [9.17, 15) is 4.79 Å². The van der Waals surface area contributed by atoms with Gasteiger partial charge in [-0.05, 0) is 39.8 Å². The molecular weight excluding hydrogens is 290 g/mol. The Morgan fingerprint density at radius 3 is 2.39 bits per heavy atom. The molecule has 1 aromatic rings. The molecule has 0 bridgehead atoms. The third kappa shape index (κ3) is 7.01. The number of benzene rings is 1. The van der Waals surface area contributed by atoms with E-state index in [2.05, 4.69) is 29.3 Å². The second-order valence-corrected chi connectivity index (χ2v) is 6.79. The number of hydrogen-bond acceptors (Lipinski definition) is 4. The molecule has 0 saturated carbocycles. The molecule has 23 heavy (non-hydrogen) atoms. The van der Waals surface area contributed by atoms with Gasteiger partial charge in [-0.15, -0.1) is 0 Å². The van der Waals surface area contributed by atoms with E-state index in [0.717, 1.165) is 13.1 Å². The van der Waals surface area contributed by atoms with Crippen molar-refractivity contribution in [2.75, 3.05) is 13.1 Å². The fourth-order valence-electron chi connectivity index (χ4n) is 2.54. The summed E-state index contributed by atoms with van der Waals surface area (Å²) >= 11 is 0. The van der Waals surface area contributed by atoms with Gasteiger partial charge in [-0.3, -0.25) is 4.90 Å².